The van der Waals surface area contributed by atoms with Gasteiger partial charge in [0, 0.05) is 0 Å². The Morgan fingerprint density at radius 3 is 2.28 bits per heavy atom. The Morgan fingerprint density at radius 1 is 1.22 bits per heavy atom. The highest BCUT2D eigenvalue weighted by Gasteiger charge is 2.35. The summed E-state index contributed by atoms with van der Waals surface area (Å²) < 4.78 is 0. The number of unbranched alkanes of at least 4 members (excludes halogenated alkanes) is 3. The van der Waals surface area contributed by atoms with E-state index in [2.05, 4.69) is 59.1 Å². The van der Waals surface area contributed by atoms with Crippen LogP contribution in [0.25, 0.3) is 0 Å². The molecular weight excluding hydrogens is 232 g/mol. The predicted octanol–water partition coefficient (Wildman–Crippen LogP) is 6.58. The number of hydrogen-bond donors (Lipinski definition) is 0. The van der Waals surface area contributed by atoms with Crippen molar-refractivity contribution in [3.63, 3.8) is 0 Å². The molecule has 0 aliphatic carbocycles. The Kier molecular flexibility index (Phi) is 7.85. The van der Waals surface area contributed by atoms with Gasteiger partial charge in [-0.2, -0.15) is 0 Å². The van der Waals surface area contributed by atoms with Crippen molar-refractivity contribution >= 4 is 8.07 Å². The van der Waals surface area contributed by atoms with Crippen LogP contribution in [0.4, 0.5) is 0 Å². The molecule has 0 bridgehead atoms. The zero-order valence-electron chi connectivity index (χ0n) is 13.6. The molecule has 0 aliphatic heterocycles. The number of rotatable bonds is 9. The maximum atomic E-state index is 4.08. The van der Waals surface area contributed by atoms with E-state index in [4.69, 9.17) is 0 Å². The molecule has 0 rings (SSSR count). The molecule has 0 heterocycles. The minimum atomic E-state index is -1.17. The van der Waals surface area contributed by atoms with Gasteiger partial charge in [0.2, 0.25) is 0 Å². The van der Waals surface area contributed by atoms with E-state index < -0.39 is 8.07 Å². The van der Waals surface area contributed by atoms with Crippen molar-refractivity contribution in [2.75, 3.05) is 0 Å². The summed E-state index contributed by atoms with van der Waals surface area (Å²) in [6.07, 6.45) is 12.5. The molecule has 0 amide bonds. The van der Waals surface area contributed by atoms with Crippen molar-refractivity contribution in [3.05, 3.63) is 24.3 Å². The summed E-state index contributed by atoms with van der Waals surface area (Å²) in [5.74, 6) is 0. The van der Waals surface area contributed by atoms with Gasteiger partial charge in [0.1, 0.15) is 0 Å². The van der Waals surface area contributed by atoms with Crippen LogP contribution in [0.5, 0.6) is 0 Å². The molecule has 0 aromatic rings. The Labute approximate surface area is 117 Å². The second-order valence-electron chi connectivity index (χ2n) is 6.92. The lowest BCUT2D eigenvalue weighted by atomic mass is 10.00. The molecule has 0 spiro atoms. The topological polar surface area (TPSA) is 0 Å². The van der Waals surface area contributed by atoms with Crippen LogP contribution < -0.4 is 0 Å². The maximum absolute atomic E-state index is 4.08. The van der Waals surface area contributed by atoms with Gasteiger partial charge in [-0.3, -0.25) is 0 Å². The van der Waals surface area contributed by atoms with Crippen LogP contribution >= 0.6 is 0 Å². The molecule has 0 aromatic heterocycles. The Hall–Kier alpha value is -0.303. The lowest BCUT2D eigenvalue weighted by Gasteiger charge is -2.38. The molecule has 0 nitrogen and oxygen atoms in total. The first-order chi connectivity index (χ1) is 8.27. The SMILES string of the molecule is C=CC(C)(CC/C(C)=C/CCCCC)[Si](C)(C)C. The van der Waals surface area contributed by atoms with Crippen molar-refractivity contribution < 1.29 is 0 Å². The lowest BCUT2D eigenvalue weighted by molar-refractivity contribution is 0.638. The van der Waals surface area contributed by atoms with Gasteiger partial charge in [-0.25, -0.2) is 0 Å². The molecule has 1 unspecified atom stereocenters. The van der Waals surface area contributed by atoms with E-state index in [1.165, 1.54) is 38.5 Å². The number of hydrogen-bond acceptors (Lipinski definition) is 0. The quantitative estimate of drug-likeness (QED) is 0.251. The first-order valence-corrected chi connectivity index (χ1v) is 11.1. The van der Waals surface area contributed by atoms with Crippen LogP contribution in [-0.2, 0) is 0 Å². The molecular formula is C17H34Si. The molecule has 0 aromatic carbocycles. The van der Waals surface area contributed by atoms with Gasteiger partial charge in [0.05, 0.1) is 8.07 Å². The summed E-state index contributed by atoms with van der Waals surface area (Å²) in [5, 5.41) is 0.367. The standard InChI is InChI=1S/C17H34Si/c1-8-10-11-12-13-16(3)14-15-17(4,9-2)18(5,6)7/h9,13H,2,8,10-12,14-15H2,1,3-7H3/b16-13+. The third-order valence-electron chi connectivity index (χ3n) is 4.50. The molecule has 1 atom stereocenters. The van der Waals surface area contributed by atoms with Crippen molar-refractivity contribution in [2.24, 2.45) is 0 Å². The monoisotopic (exact) mass is 266 g/mol. The van der Waals surface area contributed by atoms with Crippen molar-refractivity contribution in [2.45, 2.75) is 84.0 Å². The molecule has 0 fully saturated rings. The van der Waals surface area contributed by atoms with Gasteiger partial charge in [0.25, 0.3) is 0 Å². The lowest BCUT2D eigenvalue weighted by Crippen LogP contribution is -2.35. The summed E-state index contributed by atoms with van der Waals surface area (Å²) in [6, 6.07) is 0. The molecule has 1 heteroatoms. The molecule has 0 radical (unpaired) electrons. The molecule has 106 valence electrons. The fourth-order valence-corrected chi connectivity index (χ4v) is 3.57. The zero-order valence-corrected chi connectivity index (χ0v) is 14.6. The predicted molar refractivity (Wildman–Crippen MR) is 89.0 cm³/mol. The van der Waals surface area contributed by atoms with Crippen LogP contribution in [0.3, 0.4) is 0 Å². The van der Waals surface area contributed by atoms with E-state index in [1.807, 2.05) is 0 Å². The van der Waals surface area contributed by atoms with Crippen LogP contribution in [0.15, 0.2) is 24.3 Å². The summed E-state index contributed by atoms with van der Waals surface area (Å²) in [4.78, 5) is 0. The minimum Gasteiger partial charge on any atom is -0.103 e. The Morgan fingerprint density at radius 2 is 1.83 bits per heavy atom. The van der Waals surface area contributed by atoms with E-state index in [0.29, 0.717) is 5.04 Å². The molecule has 0 N–H and O–H groups in total. The van der Waals surface area contributed by atoms with E-state index >= 15 is 0 Å². The summed E-state index contributed by atoms with van der Waals surface area (Å²) >= 11 is 0. The van der Waals surface area contributed by atoms with Crippen LogP contribution in [0, 0.1) is 0 Å². The second kappa shape index (κ2) is 7.99. The smallest absolute Gasteiger partial charge is 0.0545 e. The first kappa shape index (κ1) is 17.7. The van der Waals surface area contributed by atoms with Gasteiger partial charge < -0.3 is 0 Å². The van der Waals surface area contributed by atoms with Crippen LogP contribution in [-0.4, -0.2) is 8.07 Å². The molecule has 0 saturated heterocycles. The fraction of sp³-hybridized carbons (Fsp3) is 0.765. The normalized spacial score (nSPS) is 16.4. The van der Waals surface area contributed by atoms with Crippen molar-refractivity contribution in [1.82, 2.24) is 0 Å². The maximum Gasteiger partial charge on any atom is 0.0545 e. The minimum absolute atomic E-state index is 0.367. The Balaban J connectivity index is 4.25. The van der Waals surface area contributed by atoms with Crippen molar-refractivity contribution in [1.29, 1.82) is 0 Å². The Bertz CT molecular complexity index is 270. The molecule has 0 saturated carbocycles. The molecule has 0 aliphatic rings. The van der Waals surface area contributed by atoms with E-state index in [0.717, 1.165) is 0 Å². The third kappa shape index (κ3) is 6.04. The fourth-order valence-electron chi connectivity index (χ4n) is 2.08. The summed E-state index contributed by atoms with van der Waals surface area (Å²) in [6.45, 7) is 18.4. The average Bonchev–Trinajstić information content (AvgIpc) is 2.30. The summed E-state index contributed by atoms with van der Waals surface area (Å²) in [7, 11) is -1.17. The summed E-state index contributed by atoms with van der Waals surface area (Å²) in [5.41, 5.74) is 1.57. The average molecular weight is 267 g/mol. The van der Waals surface area contributed by atoms with Gasteiger partial charge >= 0.3 is 0 Å². The zero-order chi connectivity index (χ0) is 14.2. The van der Waals surface area contributed by atoms with Crippen LogP contribution in [0.1, 0.15) is 59.3 Å². The largest absolute Gasteiger partial charge is 0.103 e. The highest BCUT2D eigenvalue weighted by molar-refractivity contribution is 6.79. The highest BCUT2D eigenvalue weighted by Crippen LogP contribution is 2.43. The van der Waals surface area contributed by atoms with E-state index in [-0.39, 0.29) is 0 Å². The first-order valence-electron chi connectivity index (χ1n) is 7.56. The third-order valence-corrected chi connectivity index (χ3v) is 8.38. The van der Waals surface area contributed by atoms with Crippen molar-refractivity contribution in [3.8, 4) is 0 Å². The van der Waals surface area contributed by atoms with Gasteiger partial charge in [-0.15, -0.1) is 6.58 Å². The molecule has 18 heavy (non-hydrogen) atoms. The van der Waals surface area contributed by atoms with Gasteiger partial charge in [-0.1, -0.05) is 64.1 Å². The van der Waals surface area contributed by atoms with Gasteiger partial charge in [0.15, 0.2) is 0 Å². The second-order valence-corrected chi connectivity index (χ2v) is 12.6. The van der Waals surface area contributed by atoms with E-state index in [1.54, 1.807) is 5.57 Å². The number of allylic oxidation sites excluding steroid dienone is 3. The van der Waals surface area contributed by atoms with Gasteiger partial charge in [-0.05, 0) is 37.6 Å². The highest BCUT2D eigenvalue weighted by atomic mass is 28.3. The van der Waals surface area contributed by atoms with Crippen LogP contribution in [0.2, 0.25) is 24.7 Å². The van der Waals surface area contributed by atoms with E-state index in [9.17, 15) is 0 Å².